The predicted molar refractivity (Wildman–Crippen MR) is 84.5 cm³/mol. The van der Waals surface area contributed by atoms with Crippen LogP contribution < -0.4 is 10.2 Å². The van der Waals surface area contributed by atoms with Gasteiger partial charge in [0.15, 0.2) is 0 Å². The average molecular weight is 289 g/mol. The first-order valence-electron chi connectivity index (χ1n) is 6.49. The van der Waals surface area contributed by atoms with Gasteiger partial charge in [0.05, 0.1) is 10.7 Å². The molecule has 0 aliphatic heterocycles. The van der Waals surface area contributed by atoms with Crippen LogP contribution in [0.15, 0.2) is 54.6 Å². The topological polar surface area (TPSA) is 32.3 Å². The highest BCUT2D eigenvalue weighted by molar-refractivity contribution is 6.33. The number of rotatable bonds is 3. The van der Waals surface area contributed by atoms with Crippen LogP contribution in [-0.2, 0) is 0 Å². The number of carbonyl (C=O) groups excluding carboxylic acids is 1. The number of benzene rings is 2. The summed E-state index contributed by atoms with van der Waals surface area (Å²) in [7, 11) is 0. The van der Waals surface area contributed by atoms with Crippen molar-refractivity contribution in [2.24, 2.45) is 0 Å². The third-order valence-electron chi connectivity index (χ3n) is 2.89. The summed E-state index contributed by atoms with van der Waals surface area (Å²) in [6.45, 7) is 3.94. The van der Waals surface area contributed by atoms with Crippen LogP contribution in [0.4, 0.5) is 16.2 Å². The predicted octanol–water partition coefficient (Wildman–Crippen LogP) is 4.79. The molecule has 0 atom stereocenters. The standard InChI is InChI=1S/C16H17ClN2O/c1-12(2)19(13-8-4-3-5-9-13)16(20)18-15-11-7-6-10-14(15)17/h3-12H,1-2H3,(H,18,20). The van der Waals surface area contributed by atoms with Crippen LogP contribution in [0.25, 0.3) is 0 Å². The third kappa shape index (κ3) is 3.31. The molecule has 4 heteroatoms. The highest BCUT2D eigenvalue weighted by Gasteiger charge is 2.19. The summed E-state index contributed by atoms with van der Waals surface area (Å²) in [4.78, 5) is 14.2. The Kier molecular flexibility index (Phi) is 4.64. The molecule has 2 aromatic carbocycles. The molecule has 0 aromatic heterocycles. The molecule has 0 radical (unpaired) electrons. The zero-order valence-electron chi connectivity index (χ0n) is 11.5. The van der Waals surface area contributed by atoms with Gasteiger partial charge in [-0.15, -0.1) is 0 Å². The Morgan fingerprint density at radius 3 is 2.25 bits per heavy atom. The van der Waals surface area contributed by atoms with E-state index in [1.165, 1.54) is 0 Å². The van der Waals surface area contributed by atoms with Gasteiger partial charge in [-0.25, -0.2) is 4.79 Å². The minimum atomic E-state index is -0.195. The van der Waals surface area contributed by atoms with E-state index in [0.717, 1.165) is 5.69 Å². The second-order valence-electron chi connectivity index (χ2n) is 4.71. The van der Waals surface area contributed by atoms with E-state index in [4.69, 9.17) is 11.6 Å². The first-order chi connectivity index (χ1) is 9.59. The number of nitrogens with one attached hydrogen (secondary N) is 1. The van der Waals surface area contributed by atoms with E-state index in [2.05, 4.69) is 5.32 Å². The van der Waals surface area contributed by atoms with Crippen LogP contribution in [0.5, 0.6) is 0 Å². The van der Waals surface area contributed by atoms with Crippen LogP contribution in [-0.4, -0.2) is 12.1 Å². The van der Waals surface area contributed by atoms with E-state index in [-0.39, 0.29) is 12.1 Å². The zero-order chi connectivity index (χ0) is 14.5. The van der Waals surface area contributed by atoms with Gasteiger partial charge >= 0.3 is 6.03 Å². The van der Waals surface area contributed by atoms with Gasteiger partial charge in [-0.05, 0) is 38.1 Å². The van der Waals surface area contributed by atoms with Crippen molar-refractivity contribution in [1.82, 2.24) is 0 Å². The molecule has 2 amide bonds. The van der Waals surface area contributed by atoms with Crippen molar-refractivity contribution in [3.8, 4) is 0 Å². The molecule has 0 bridgehead atoms. The number of urea groups is 1. The molecule has 0 saturated heterocycles. The van der Waals surface area contributed by atoms with Crippen molar-refractivity contribution in [3.05, 3.63) is 59.6 Å². The van der Waals surface area contributed by atoms with E-state index < -0.39 is 0 Å². The SMILES string of the molecule is CC(C)N(C(=O)Nc1ccccc1Cl)c1ccccc1. The van der Waals surface area contributed by atoms with Gasteiger partial charge in [0.2, 0.25) is 0 Å². The Bertz CT molecular complexity index is 584. The third-order valence-corrected chi connectivity index (χ3v) is 3.21. The van der Waals surface area contributed by atoms with Crippen LogP contribution in [0, 0.1) is 0 Å². The van der Waals surface area contributed by atoms with Gasteiger partial charge in [0.25, 0.3) is 0 Å². The normalized spacial score (nSPS) is 10.4. The molecule has 20 heavy (non-hydrogen) atoms. The maximum Gasteiger partial charge on any atom is 0.326 e. The number of hydrogen-bond donors (Lipinski definition) is 1. The lowest BCUT2D eigenvalue weighted by Crippen LogP contribution is -2.40. The van der Waals surface area contributed by atoms with Crippen molar-refractivity contribution in [2.45, 2.75) is 19.9 Å². The Morgan fingerprint density at radius 2 is 1.65 bits per heavy atom. The minimum Gasteiger partial charge on any atom is -0.306 e. The second kappa shape index (κ2) is 6.44. The van der Waals surface area contributed by atoms with Gasteiger partial charge in [0, 0.05) is 11.7 Å². The molecular weight excluding hydrogens is 272 g/mol. The van der Waals surface area contributed by atoms with Gasteiger partial charge in [0.1, 0.15) is 0 Å². The van der Waals surface area contributed by atoms with E-state index in [1.807, 2.05) is 56.3 Å². The monoisotopic (exact) mass is 288 g/mol. The first-order valence-corrected chi connectivity index (χ1v) is 6.87. The summed E-state index contributed by atoms with van der Waals surface area (Å²) in [6.07, 6.45) is 0. The van der Waals surface area contributed by atoms with Crippen LogP contribution >= 0.6 is 11.6 Å². The number of para-hydroxylation sites is 2. The van der Waals surface area contributed by atoms with Crippen LogP contribution in [0.2, 0.25) is 5.02 Å². The van der Waals surface area contributed by atoms with E-state index in [0.29, 0.717) is 10.7 Å². The van der Waals surface area contributed by atoms with Gasteiger partial charge in [-0.1, -0.05) is 41.9 Å². The van der Waals surface area contributed by atoms with Gasteiger partial charge < -0.3 is 5.32 Å². The van der Waals surface area contributed by atoms with E-state index in [1.54, 1.807) is 17.0 Å². The fraction of sp³-hybridized carbons (Fsp3) is 0.188. The molecule has 0 spiro atoms. The summed E-state index contributed by atoms with van der Waals surface area (Å²) in [5.74, 6) is 0. The largest absolute Gasteiger partial charge is 0.326 e. The number of hydrogen-bond acceptors (Lipinski definition) is 1. The molecule has 104 valence electrons. The molecule has 3 nitrogen and oxygen atoms in total. The van der Waals surface area contributed by atoms with E-state index >= 15 is 0 Å². The first kappa shape index (κ1) is 14.4. The minimum absolute atomic E-state index is 0.0416. The van der Waals surface area contributed by atoms with Gasteiger partial charge in [-0.3, -0.25) is 4.90 Å². The molecule has 1 N–H and O–H groups in total. The van der Waals surface area contributed by atoms with Crippen molar-refractivity contribution >= 4 is 29.0 Å². The summed E-state index contributed by atoms with van der Waals surface area (Å²) < 4.78 is 0. The fourth-order valence-corrected chi connectivity index (χ4v) is 2.16. The van der Waals surface area contributed by atoms with Crippen molar-refractivity contribution in [2.75, 3.05) is 10.2 Å². The maximum absolute atomic E-state index is 12.5. The summed E-state index contributed by atoms with van der Waals surface area (Å²) in [6, 6.07) is 16.6. The quantitative estimate of drug-likeness (QED) is 0.865. The zero-order valence-corrected chi connectivity index (χ0v) is 12.3. The second-order valence-corrected chi connectivity index (χ2v) is 5.12. The summed E-state index contributed by atoms with van der Waals surface area (Å²) >= 11 is 6.07. The summed E-state index contributed by atoms with van der Waals surface area (Å²) in [5.41, 5.74) is 1.47. The Balaban J connectivity index is 2.23. The number of anilines is 2. The lowest BCUT2D eigenvalue weighted by atomic mass is 10.2. The van der Waals surface area contributed by atoms with Crippen molar-refractivity contribution in [1.29, 1.82) is 0 Å². The molecule has 0 aliphatic carbocycles. The van der Waals surface area contributed by atoms with Gasteiger partial charge in [-0.2, -0.15) is 0 Å². The molecule has 0 saturated carbocycles. The fourth-order valence-electron chi connectivity index (χ4n) is 1.98. The highest BCUT2D eigenvalue weighted by atomic mass is 35.5. The molecular formula is C16H17ClN2O. The molecule has 2 aromatic rings. The van der Waals surface area contributed by atoms with Crippen LogP contribution in [0.3, 0.4) is 0 Å². The molecule has 0 heterocycles. The lowest BCUT2D eigenvalue weighted by molar-refractivity contribution is 0.255. The molecule has 0 unspecified atom stereocenters. The van der Waals surface area contributed by atoms with Crippen LogP contribution in [0.1, 0.15) is 13.8 Å². The molecule has 0 fully saturated rings. The van der Waals surface area contributed by atoms with Crippen molar-refractivity contribution in [3.63, 3.8) is 0 Å². The number of carbonyl (C=O) groups is 1. The summed E-state index contributed by atoms with van der Waals surface area (Å²) in [5, 5.41) is 3.37. The number of nitrogens with zero attached hydrogens (tertiary/aromatic N) is 1. The number of halogens is 1. The Labute approximate surface area is 124 Å². The molecule has 2 rings (SSSR count). The van der Waals surface area contributed by atoms with E-state index in [9.17, 15) is 4.79 Å². The van der Waals surface area contributed by atoms with Crippen molar-refractivity contribution < 1.29 is 4.79 Å². The number of amides is 2. The maximum atomic E-state index is 12.5. The highest BCUT2D eigenvalue weighted by Crippen LogP contribution is 2.23. The molecule has 0 aliphatic rings. The Morgan fingerprint density at radius 1 is 1.05 bits per heavy atom. The Hall–Kier alpha value is -2.00. The lowest BCUT2D eigenvalue weighted by Gasteiger charge is -2.27. The smallest absolute Gasteiger partial charge is 0.306 e. The average Bonchev–Trinajstić information content (AvgIpc) is 2.42.